The first-order valence-corrected chi connectivity index (χ1v) is 12.5. The van der Waals surface area contributed by atoms with Gasteiger partial charge in [-0.05, 0) is 76.0 Å². The van der Waals surface area contributed by atoms with Gasteiger partial charge in [0.1, 0.15) is 0 Å². The molecule has 168 valence electrons. The van der Waals surface area contributed by atoms with Crippen LogP contribution in [0.1, 0.15) is 35.6 Å². The van der Waals surface area contributed by atoms with Gasteiger partial charge in [-0.2, -0.15) is 4.31 Å². The zero-order chi connectivity index (χ0) is 22.2. The molecule has 0 amide bonds. The third-order valence-corrected chi connectivity index (χ3v) is 8.38. The number of aryl methyl sites for hydroxylation is 2. The number of benzene rings is 1. The van der Waals surface area contributed by atoms with Gasteiger partial charge in [0.2, 0.25) is 16.0 Å². The van der Waals surface area contributed by atoms with Crippen molar-refractivity contribution < 1.29 is 8.42 Å². The molecule has 2 fully saturated rings. The Morgan fingerprint density at radius 1 is 1.06 bits per heavy atom. The third kappa shape index (κ3) is 4.61. The first kappa shape index (κ1) is 22.2. The average molecular weight is 444 g/mol. The Morgan fingerprint density at radius 3 is 2.48 bits per heavy atom. The largest absolute Gasteiger partial charge is 0.341 e. The van der Waals surface area contributed by atoms with E-state index in [9.17, 15) is 8.42 Å². The lowest BCUT2D eigenvalue weighted by Crippen LogP contribution is -2.31. The Balaban J connectivity index is 1.63. The molecule has 2 saturated heterocycles. The fourth-order valence-corrected chi connectivity index (χ4v) is 6.29. The van der Waals surface area contributed by atoms with Crippen LogP contribution >= 0.6 is 0 Å². The van der Waals surface area contributed by atoms with Crippen molar-refractivity contribution in [1.82, 2.24) is 19.2 Å². The van der Waals surface area contributed by atoms with E-state index in [-0.39, 0.29) is 11.8 Å². The van der Waals surface area contributed by atoms with Gasteiger partial charge >= 0.3 is 0 Å². The summed E-state index contributed by atoms with van der Waals surface area (Å²) in [6, 6.07) is 7.36. The number of rotatable bonds is 6. The van der Waals surface area contributed by atoms with Crippen LogP contribution in [0.3, 0.4) is 0 Å². The van der Waals surface area contributed by atoms with Crippen LogP contribution in [0.25, 0.3) is 0 Å². The summed E-state index contributed by atoms with van der Waals surface area (Å²) in [4.78, 5) is 14.1. The van der Waals surface area contributed by atoms with Crippen molar-refractivity contribution in [1.29, 1.82) is 0 Å². The molecule has 2 atom stereocenters. The SMILES string of the molecule is Cc1ccc(S(=O)(=O)N2C[C@@H](CN(C)C)[C@H](c3ccnc(N4CCCC4)n3)C2)cc1C. The van der Waals surface area contributed by atoms with Crippen LogP contribution in [-0.2, 0) is 10.0 Å². The highest BCUT2D eigenvalue weighted by Gasteiger charge is 2.41. The van der Waals surface area contributed by atoms with Crippen LogP contribution in [0.2, 0.25) is 0 Å². The molecule has 2 aromatic rings. The van der Waals surface area contributed by atoms with Crippen molar-refractivity contribution in [2.75, 3.05) is 51.7 Å². The number of hydrogen-bond acceptors (Lipinski definition) is 6. The Hall–Kier alpha value is -2.03. The first-order chi connectivity index (χ1) is 14.8. The van der Waals surface area contributed by atoms with Crippen LogP contribution in [0.15, 0.2) is 35.4 Å². The molecule has 0 unspecified atom stereocenters. The van der Waals surface area contributed by atoms with E-state index in [1.165, 1.54) is 12.8 Å². The van der Waals surface area contributed by atoms with Crippen LogP contribution in [0.4, 0.5) is 5.95 Å². The smallest absolute Gasteiger partial charge is 0.243 e. The number of nitrogens with zero attached hydrogens (tertiary/aromatic N) is 5. The van der Waals surface area contributed by atoms with E-state index in [1.807, 2.05) is 46.3 Å². The molecule has 0 radical (unpaired) electrons. The lowest BCUT2D eigenvalue weighted by atomic mass is 9.92. The predicted molar refractivity (Wildman–Crippen MR) is 123 cm³/mol. The van der Waals surface area contributed by atoms with Crippen molar-refractivity contribution in [3.63, 3.8) is 0 Å². The van der Waals surface area contributed by atoms with Crippen molar-refractivity contribution in [3.05, 3.63) is 47.3 Å². The molecular weight excluding hydrogens is 410 g/mol. The highest BCUT2D eigenvalue weighted by Crippen LogP contribution is 2.36. The molecule has 7 nitrogen and oxygen atoms in total. The molecule has 0 aliphatic carbocycles. The van der Waals surface area contributed by atoms with E-state index in [2.05, 4.69) is 14.8 Å². The fourth-order valence-electron chi connectivity index (χ4n) is 4.68. The molecule has 4 rings (SSSR count). The minimum Gasteiger partial charge on any atom is -0.341 e. The predicted octanol–water partition coefficient (Wildman–Crippen LogP) is 2.66. The van der Waals surface area contributed by atoms with Gasteiger partial charge in [0.15, 0.2) is 0 Å². The summed E-state index contributed by atoms with van der Waals surface area (Å²) in [5.74, 6) is 1.000. The Morgan fingerprint density at radius 2 is 1.81 bits per heavy atom. The van der Waals surface area contributed by atoms with E-state index in [0.29, 0.717) is 18.0 Å². The molecule has 31 heavy (non-hydrogen) atoms. The molecular formula is C23H33N5O2S. The van der Waals surface area contributed by atoms with Crippen LogP contribution in [0.5, 0.6) is 0 Å². The molecule has 1 aromatic heterocycles. The minimum absolute atomic E-state index is 0.0491. The van der Waals surface area contributed by atoms with Crippen LogP contribution in [-0.4, -0.2) is 74.4 Å². The van der Waals surface area contributed by atoms with E-state index in [0.717, 1.165) is 42.4 Å². The van der Waals surface area contributed by atoms with Crippen molar-refractivity contribution >= 4 is 16.0 Å². The molecule has 2 aliphatic heterocycles. The molecule has 0 saturated carbocycles. The van der Waals surface area contributed by atoms with Gasteiger partial charge in [-0.25, -0.2) is 18.4 Å². The quantitative estimate of drug-likeness (QED) is 0.684. The standard InChI is InChI=1S/C23H33N5O2S/c1-17-7-8-20(13-18(17)2)31(29,30)28-15-19(14-26(3)4)21(16-28)22-9-10-24-23(25-22)27-11-5-6-12-27/h7-10,13,19,21H,5-6,11-12,14-16H2,1-4H3/t19-,21-/m1/s1. The molecule has 0 spiro atoms. The van der Waals surface area contributed by atoms with Gasteiger partial charge < -0.3 is 9.80 Å². The second-order valence-corrected chi connectivity index (χ2v) is 11.1. The summed E-state index contributed by atoms with van der Waals surface area (Å²) in [6.45, 7) is 7.69. The topological polar surface area (TPSA) is 69.6 Å². The van der Waals surface area contributed by atoms with Crippen molar-refractivity contribution in [2.24, 2.45) is 5.92 Å². The van der Waals surface area contributed by atoms with E-state index in [4.69, 9.17) is 4.98 Å². The molecule has 0 N–H and O–H groups in total. The van der Waals surface area contributed by atoms with E-state index < -0.39 is 10.0 Å². The Bertz CT molecular complexity index is 1030. The minimum atomic E-state index is -3.55. The average Bonchev–Trinajstić information content (AvgIpc) is 3.40. The summed E-state index contributed by atoms with van der Waals surface area (Å²) < 4.78 is 28.6. The van der Waals surface area contributed by atoms with Crippen molar-refractivity contribution in [3.8, 4) is 0 Å². The maximum absolute atomic E-state index is 13.5. The number of aromatic nitrogens is 2. The Kier molecular flexibility index (Phi) is 6.32. The van der Waals surface area contributed by atoms with Gasteiger partial charge in [0.25, 0.3) is 0 Å². The number of anilines is 1. The van der Waals surface area contributed by atoms with E-state index >= 15 is 0 Å². The van der Waals surface area contributed by atoms with Crippen LogP contribution < -0.4 is 4.90 Å². The van der Waals surface area contributed by atoms with Gasteiger partial charge in [0, 0.05) is 44.8 Å². The zero-order valence-electron chi connectivity index (χ0n) is 19.0. The lowest BCUT2D eigenvalue weighted by Gasteiger charge is -2.22. The highest BCUT2D eigenvalue weighted by molar-refractivity contribution is 7.89. The van der Waals surface area contributed by atoms with Crippen molar-refractivity contribution in [2.45, 2.75) is 37.5 Å². The van der Waals surface area contributed by atoms with Gasteiger partial charge in [-0.1, -0.05) is 6.07 Å². The van der Waals surface area contributed by atoms with E-state index in [1.54, 1.807) is 16.4 Å². The van der Waals surface area contributed by atoms with Gasteiger partial charge in [-0.3, -0.25) is 0 Å². The Labute approximate surface area is 186 Å². The first-order valence-electron chi connectivity index (χ1n) is 11.1. The summed E-state index contributed by atoms with van der Waals surface area (Å²) in [6.07, 6.45) is 4.16. The lowest BCUT2D eigenvalue weighted by molar-refractivity contribution is 0.315. The maximum Gasteiger partial charge on any atom is 0.243 e. The third-order valence-electron chi connectivity index (χ3n) is 6.56. The summed E-state index contributed by atoms with van der Waals surface area (Å²) >= 11 is 0. The second kappa shape index (κ2) is 8.84. The number of hydrogen-bond donors (Lipinski definition) is 0. The highest BCUT2D eigenvalue weighted by atomic mass is 32.2. The van der Waals surface area contributed by atoms with Gasteiger partial charge in [-0.15, -0.1) is 0 Å². The second-order valence-electron chi connectivity index (χ2n) is 9.17. The summed E-state index contributed by atoms with van der Waals surface area (Å²) in [7, 11) is 0.517. The van der Waals surface area contributed by atoms with Gasteiger partial charge in [0.05, 0.1) is 10.6 Å². The zero-order valence-corrected chi connectivity index (χ0v) is 19.8. The summed E-state index contributed by atoms with van der Waals surface area (Å²) in [5, 5.41) is 0. The normalized spacial score (nSPS) is 22.5. The molecule has 0 bridgehead atoms. The van der Waals surface area contributed by atoms with Crippen LogP contribution in [0, 0.1) is 19.8 Å². The number of sulfonamides is 1. The maximum atomic E-state index is 13.5. The summed E-state index contributed by atoms with van der Waals surface area (Å²) in [5.41, 5.74) is 3.04. The molecule has 2 aliphatic rings. The molecule has 8 heteroatoms. The monoisotopic (exact) mass is 443 g/mol. The fraction of sp³-hybridized carbons (Fsp3) is 0.565. The molecule has 3 heterocycles. The molecule has 1 aromatic carbocycles.